The number of benzene rings is 2. The first-order valence-electron chi connectivity index (χ1n) is 7.33. The van der Waals surface area contributed by atoms with Crippen molar-refractivity contribution in [1.82, 2.24) is 4.98 Å². The minimum Gasteiger partial charge on any atom is -0.482 e. The Morgan fingerprint density at radius 2 is 2.04 bits per heavy atom. The molecule has 0 spiro atoms. The fourth-order valence-corrected chi connectivity index (χ4v) is 2.52. The van der Waals surface area contributed by atoms with Gasteiger partial charge in [-0.15, -0.1) is 0 Å². The summed E-state index contributed by atoms with van der Waals surface area (Å²) in [7, 11) is 0. The number of pyridine rings is 1. The molecule has 4 rings (SSSR count). The fraction of sp³-hybridized carbons (Fsp3) is 0.0556. The molecule has 1 amide bonds. The fourth-order valence-electron chi connectivity index (χ4n) is 2.52. The van der Waals surface area contributed by atoms with Gasteiger partial charge in [0.15, 0.2) is 12.4 Å². The minimum atomic E-state index is -0.517. The van der Waals surface area contributed by atoms with Crippen molar-refractivity contribution in [2.75, 3.05) is 11.9 Å². The Kier molecular flexibility index (Phi) is 3.35. The van der Waals surface area contributed by atoms with Crippen LogP contribution in [0.3, 0.4) is 0 Å². The molecule has 1 aliphatic heterocycles. The molecule has 0 saturated heterocycles. The highest BCUT2D eigenvalue weighted by atomic mass is 16.5. The van der Waals surface area contributed by atoms with Gasteiger partial charge in [0.25, 0.3) is 5.91 Å². The molecule has 6 heteroatoms. The second-order valence-corrected chi connectivity index (χ2v) is 5.27. The van der Waals surface area contributed by atoms with E-state index in [0.29, 0.717) is 28.3 Å². The largest absolute Gasteiger partial charge is 0.482 e. The van der Waals surface area contributed by atoms with E-state index in [1.165, 1.54) is 0 Å². The molecule has 6 nitrogen and oxygen atoms in total. The lowest BCUT2D eigenvalue weighted by molar-refractivity contribution is -0.118. The molecular weight excluding hydrogens is 308 g/mol. The zero-order valence-corrected chi connectivity index (χ0v) is 12.5. The van der Waals surface area contributed by atoms with E-state index in [4.69, 9.17) is 9.47 Å². The van der Waals surface area contributed by atoms with Crippen molar-refractivity contribution in [3.05, 3.63) is 60.3 Å². The summed E-state index contributed by atoms with van der Waals surface area (Å²) < 4.78 is 10.8. The smallest absolute Gasteiger partial charge is 0.343 e. The van der Waals surface area contributed by atoms with Crippen LogP contribution in [-0.2, 0) is 4.79 Å². The van der Waals surface area contributed by atoms with Crippen LogP contribution in [0.5, 0.6) is 11.5 Å². The SMILES string of the molecule is O=C1COc2cc(C(=O)Oc3cccc4cccnc34)ccc2N1. The average Bonchev–Trinajstić information content (AvgIpc) is 2.61. The normalized spacial score (nSPS) is 12.9. The van der Waals surface area contributed by atoms with Crippen LogP contribution in [0.25, 0.3) is 10.9 Å². The van der Waals surface area contributed by atoms with E-state index in [9.17, 15) is 9.59 Å². The first-order chi connectivity index (χ1) is 11.7. The van der Waals surface area contributed by atoms with E-state index >= 15 is 0 Å². The van der Waals surface area contributed by atoms with Gasteiger partial charge in [0, 0.05) is 11.6 Å². The third kappa shape index (κ3) is 2.54. The van der Waals surface area contributed by atoms with E-state index in [1.807, 2.05) is 18.2 Å². The van der Waals surface area contributed by atoms with E-state index in [0.717, 1.165) is 5.39 Å². The summed E-state index contributed by atoms with van der Waals surface area (Å²) in [6.07, 6.45) is 1.65. The van der Waals surface area contributed by atoms with Crippen molar-refractivity contribution in [2.24, 2.45) is 0 Å². The Bertz CT molecular complexity index is 963. The molecular formula is C18H12N2O4. The predicted molar refractivity (Wildman–Crippen MR) is 87.3 cm³/mol. The summed E-state index contributed by atoms with van der Waals surface area (Å²) in [5, 5.41) is 3.56. The van der Waals surface area contributed by atoms with Crippen LogP contribution < -0.4 is 14.8 Å². The van der Waals surface area contributed by atoms with Gasteiger partial charge in [0.2, 0.25) is 0 Å². The molecule has 1 aromatic heterocycles. The molecule has 2 heterocycles. The van der Waals surface area contributed by atoms with Crippen LogP contribution >= 0.6 is 0 Å². The number of aromatic nitrogens is 1. The number of para-hydroxylation sites is 1. The number of esters is 1. The Morgan fingerprint density at radius 1 is 1.17 bits per heavy atom. The number of fused-ring (bicyclic) bond motifs is 2. The molecule has 0 aliphatic carbocycles. The zero-order chi connectivity index (χ0) is 16.5. The van der Waals surface area contributed by atoms with Crippen LogP contribution in [0, 0.1) is 0 Å². The number of carbonyl (C=O) groups excluding carboxylic acids is 2. The van der Waals surface area contributed by atoms with E-state index in [1.54, 1.807) is 36.5 Å². The molecule has 2 aromatic carbocycles. The summed E-state index contributed by atoms with van der Waals surface area (Å²) in [6, 6.07) is 13.9. The van der Waals surface area contributed by atoms with Crippen LogP contribution in [-0.4, -0.2) is 23.5 Å². The number of ether oxygens (including phenoxy) is 2. The van der Waals surface area contributed by atoms with Crippen LogP contribution in [0.2, 0.25) is 0 Å². The predicted octanol–water partition coefficient (Wildman–Crippen LogP) is 2.78. The lowest BCUT2D eigenvalue weighted by Gasteiger charge is -2.18. The van der Waals surface area contributed by atoms with Crippen molar-refractivity contribution in [2.45, 2.75) is 0 Å². The van der Waals surface area contributed by atoms with Gasteiger partial charge in [0.05, 0.1) is 11.3 Å². The highest BCUT2D eigenvalue weighted by Crippen LogP contribution is 2.29. The molecule has 0 saturated carbocycles. The molecule has 24 heavy (non-hydrogen) atoms. The maximum Gasteiger partial charge on any atom is 0.343 e. The summed E-state index contributed by atoms with van der Waals surface area (Å²) in [6.45, 7) is -0.0707. The highest BCUT2D eigenvalue weighted by Gasteiger charge is 2.19. The van der Waals surface area contributed by atoms with E-state index < -0.39 is 5.97 Å². The number of rotatable bonds is 2. The van der Waals surface area contributed by atoms with Crippen molar-refractivity contribution in [3.8, 4) is 11.5 Å². The van der Waals surface area contributed by atoms with Crippen molar-refractivity contribution < 1.29 is 19.1 Å². The molecule has 3 aromatic rings. The van der Waals surface area contributed by atoms with Gasteiger partial charge in [-0.2, -0.15) is 0 Å². The Hall–Kier alpha value is -3.41. The van der Waals surface area contributed by atoms with Gasteiger partial charge < -0.3 is 14.8 Å². The first kappa shape index (κ1) is 14.2. The Labute approximate surface area is 137 Å². The number of hydrogen-bond acceptors (Lipinski definition) is 5. The lowest BCUT2D eigenvalue weighted by atomic mass is 10.1. The summed E-state index contributed by atoms with van der Waals surface area (Å²) in [4.78, 5) is 27.9. The quantitative estimate of drug-likeness (QED) is 0.580. The molecule has 1 N–H and O–H groups in total. The number of nitrogens with one attached hydrogen (secondary N) is 1. The van der Waals surface area contributed by atoms with Crippen LogP contribution in [0.4, 0.5) is 5.69 Å². The number of carbonyl (C=O) groups is 2. The molecule has 0 atom stereocenters. The second-order valence-electron chi connectivity index (χ2n) is 5.27. The van der Waals surface area contributed by atoms with Gasteiger partial charge in [-0.25, -0.2) is 4.79 Å². The topological polar surface area (TPSA) is 77.5 Å². The maximum absolute atomic E-state index is 12.4. The van der Waals surface area contributed by atoms with Gasteiger partial charge in [0.1, 0.15) is 11.3 Å². The Balaban J connectivity index is 1.63. The monoisotopic (exact) mass is 320 g/mol. The molecule has 0 radical (unpaired) electrons. The molecule has 0 bridgehead atoms. The molecule has 1 aliphatic rings. The average molecular weight is 320 g/mol. The van der Waals surface area contributed by atoms with Crippen LogP contribution in [0.1, 0.15) is 10.4 Å². The third-order valence-corrected chi connectivity index (χ3v) is 3.65. The van der Waals surface area contributed by atoms with Crippen molar-refractivity contribution >= 4 is 28.5 Å². The van der Waals surface area contributed by atoms with E-state index in [-0.39, 0.29) is 12.5 Å². The van der Waals surface area contributed by atoms with Crippen molar-refractivity contribution in [3.63, 3.8) is 0 Å². The van der Waals surface area contributed by atoms with Crippen molar-refractivity contribution in [1.29, 1.82) is 0 Å². The standard InChI is InChI=1S/C18H12N2O4/c21-16-10-23-15-9-12(6-7-13(15)20-16)18(22)24-14-5-1-3-11-4-2-8-19-17(11)14/h1-9H,10H2,(H,20,21). The minimum absolute atomic E-state index is 0.0707. The van der Waals surface area contributed by atoms with Crippen LogP contribution in [0.15, 0.2) is 54.7 Å². The number of anilines is 1. The van der Waals surface area contributed by atoms with Gasteiger partial charge >= 0.3 is 5.97 Å². The summed E-state index contributed by atoms with van der Waals surface area (Å²) >= 11 is 0. The number of nitrogens with zero attached hydrogens (tertiary/aromatic N) is 1. The second kappa shape index (κ2) is 5.66. The summed E-state index contributed by atoms with van der Waals surface area (Å²) in [5.41, 5.74) is 1.49. The molecule has 118 valence electrons. The third-order valence-electron chi connectivity index (χ3n) is 3.65. The summed E-state index contributed by atoms with van der Waals surface area (Å²) in [5.74, 6) is 0.0984. The highest BCUT2D eigenvalue weighted by molar-refractivity contribution is 5.98. The maximum atomic E-state index is 12.4. The molecule has 0 unspecified atom stereocenters. The van der Waals surface area contributed by atoms with Gasteiger partial charge in [-0.1, -0.05) is 18.2 Å². The van der Waals surface area contributed by atoms with Gasteiger partial charge in [-0.05, 0) is 30.3 Å². The van der Waals surface area contributed by atoms with Gasteiger partial charge in [-0.3, -0.25) is 9.78 Å². The lowest BCUT2D eigenvalue weighted by Crippen LogP contribution is -2.25. The molecule has 0 fully saturated rings. The zero-order valence-electron chi connectivity index (χ0n) is 12.5. The Morgan fingerprint density at radius 3 is 2.96 bits per heavy atom. The van der Waals surface area contributed by atoms with E-state index in [2.05, 4.69) is 10.3 Å². The number of amides is 1. The number of hydrogen-bond donors (Lipinski definition) is 1. The first-order valence-corrected chi connectivity index (χ1v) is 7.33.